The zero-order valence-corrected chi connectivity index (χ0v) is 10.5. The molecule has 0 aliphatic carbocycles. The summed E-state index contributed by atoms with van der Waals surface area (Å²) in [7, 11) is 0. The van der Waals surface area contributed by atoms with E-state index in [1.165, 1.54) is 22.4 Å². The van der Waals surface area contributed by atoms with Crippen molar-refractivity contribution >= 4 is 5.69 Å². The van der Waals surface area contributed by atoms with Gasteiger partial charge < -0.3 is 5.32 Å². The first-order valence-electron chi connectivity index (χ1n) is 6.16. The average molecular weight is 225 g/mol. The molecule has 2 aromatic carbocycles. The van der Waals surface area contributed by atoms with Crippen molar-refractivity contribution in [2.24, 2.45) is 0 Å². The first kappa shape index (κ1) is 11.7. The summed E-state index contributed by atoms with van der Waals surface area (Å²) >= 11 is 0. The summed E-state index contributed by atoms with van der Waals surface area (Å²) in [5, 5.41) is 3.44. The highest BCUT2D eigenvalue weighted by Crippen LogP contribution is 2.12. The third-order valence-electron chi connectivity index (χ3n) is 2.94. The summed E-state index contributed by atoms with van der Waals surface area (Å²) in [5.41, 5.74) is 5.20. The summed E-state index contributed by atoms with van der Waals surface area (Å²) < 4.78 is 0. The molecule has 0 spiro atoms. The molecule has 2 aromatic rings. The fourth-order valence-corrected chi connectivity index (χ4v) is 1.88. The summed E-state index contributed by atoms with van der Waals surface area (Å²) in [6.07, 6.45) is 1.10. The molecular weight excluding hydrogens is 206 g/mol. The highest BCUT2D eigenvalue weighted by Gasteiger charge is 1.95. The fourth-order valence-electron chi connectivity index (χ4n) is 1.88. The minimum atomic E-state index is 0.882. The Hall–Kier alpha value is -1.76. The Bertz CT molecular complexity index is 471. The second-order valence-electron chi connectivity index (χ2n) is 4.39. The molecule has 0 saturated carbocycles. The summed E-state index contributed by atoms with van der Waals surface area (Å²) in [4.78, 5) is 0. The van der Waals surface area contributed by atoms with Gasteiger partial charge in [0.2, 0.25) is 0 Å². The molecule has 2 rings (SSSR count). The SMILES string of the molecule is CCc1ccc(NCc2cccc(C)c2)cc1. The van der Waals surface area contributed by atoms with Crippen molar-refractivity contribution in [3.63, 3.8) is 0 Å². The maximum Gasteiger partial charge on any atom is 0.0400 e. The van der Waals surface area contributed by atoms with Crippen LogP contribution in [0.3, 0.4) is 0 Å². The Labute approximate surface area is 103 Å². The third kappa shape index (κ3) is 3.35. The summed E-state index contributed by atoms with van der Waals surface area (Å²) in [6.45, 7) is 5.18. The number of benzene rings is 2. The van der Waals surface area contributed by atoms with E-state index in [0.29, 0.717) is 0 Å². The third-order valence-corrected chi connectivity index (χ3v) is 2.94. The molecule has 0 atom stereocenters. The van der Waals surface area contributed by atoms with Gasteiger partial charge in [-0.3, -0.25) is 0 Å². The number of anilines is 1. The van der Waals surface area contributed by atoms with Crippen LogP contribution in [0.25, 0.3) is 0 Å². The van der Waals surface area contributed by atoms with Crippen molar-refractivity contribution in [3.05, 3.63) is 65.2 Å². The first-order chi connectivity index (χ1) is 8.28. The van der Waals surface area contributed by atoms with Gasteiger partial charge in [0.05, 0.1) is 0 Å². The molecule has 0 heterocycles. The zero-order valence-electron chi connectivity index (χ0n) is 10.5. The highest BCUT2D eigenvalue weighted by molar-refractivity contribution is 5.45. The van der Waals surface area contributed by atoms with Crippen LogP contribution in [0.15, 0.2) is 48.5 Å². The largest absolute Gasteiger partial charge is 0.381 e. The number of aryl methyl sites for hydroxylation is 2. The maximum absolute atomic E-state index is 3.44. The Morgan fingerprint density at radius 2 is 1.71 bits per heavy atom. The number of rotatable bonds is 4. The first-order valence-corrected chi connectivity index (χ1v) is 6.16. The Morgan fingerprint density at radius 3 is 2.35 bits per heavy atom. The van der Waals surface area contributed by atoms with Crippen molar-refractivity contribution in [2.45, 2.75) is 26.8 Å². The van der Waals surface area contributed by atoms with Gasteiger partial charge in [0.25, 0.3) is 0 Å². The molecular formula is C16H19N. The molecule has 88 valence electrons. The molecule has 1 nitrogen and oxygen atoms in total. The van der Waals surface area contributed by atoms with E-state index in [1.807, 2.05) is 0 Å². The van der Waals surface area contributed by atoms with E-state index in [0.717, 1.165) is 13.0 Å². The van der Waals surface area contributed by atoms with Gasteiger partial charge in [0.1, 0.15) is 0 Å². The van der Waals surface area contributed by atoms with Crippen molar-refractivity contribution in [2.75, 3.05) is 5.32 Å². The lowest BCUT2D eigenvalue weighted by Gasteiger charge is -2.07. The standard InChI is InChI=1S/C16H19N/c1-3-14-7-9-16(10-8-14)17-12-15-6-4-5-13(2)11-15/h4-11,17H,3,12H2,1-2H3. The van der Waals surface area contributed by atoms with Gasteiger partial charge >= 0.3 is 0 Å². The van der Waals surface area contributed by atoms with Crippen LogP contribution in [-0.4, -0.2) is 0 Å². The van der Waals surface area contributed by atoms with Crippen LogP contribution in [-0.2, 0) is 13.0 Å². The lowest BCUT2D eigenvalue weighted by Crippen LogP contribution is -1.99. The van der Waals surface area contributed by atoms with Crippen molar-refractivity contribution < 1.29 is 0 Å². The summed E-state index contributed by atoms with van der Waals surface area (Å²) in [6, 6.07) is 17.3. The molecule has 0 saturated heterocycles. The lowest BCUT2D eigenvalue weighted by atomic mass is 10.1. The van der Waals surface area contributed by atoms with Gasteiger partial charge in [0.15, 0.2) is 0 Å². The van der Waals surface area contributed by atoms with Crippen molar-refractivity contribution in [1.29, 1.82) is 0 Å². The van der Waals surface area contributed by atoms with E-state index >= 15 is 0 Å². The van der Waals surface area contributed by atoms with E-state index in [1.54, 1.807) is 0 Å². The molecule has 0 amide bonds. The van der Waals surface area contributed by atoms with Crippen LogP contribution >= 0.6 is 0 Å². The normalized spacial score (nSPS) is 10.2. The molecule has 17 heavy (non-hydrogen) atoms. The number of hydrogen-bond acceptors (Lipinski definition) is 1. The van der Waals surface area contributed by atoms with E-state index in [9.17, 15) is 0 Å². The second kappa shape index (κ2) is 5.53. The van der Waals surface area contributed by atoms with E-state index in [2.05, 4.69) is 67.7 Å². The quantitative estimate of drug-likeness (QED) is 0.823. The van der Waals surface area contributed by atoms with E-state index in [4.69, 9.17) is 0 Å². The predicted octanol–water partition coefficient (Wildman–Crippen LogP) is 4.17. The molecule has 0 aromatic heterocycles. The van der Waals surface area contributed by atoms with Gasteiger partial charge in [-0.15, -0.1) is 0 Å². The Kier molecular flexibility index (Phi) is 3.81. The smallest absolute Gasteiger partial charge is 0.0400 e. The number of nitrogens with one attached hydrogen (secondary N) is 1. The van der Waals surface area contributed by atoms with Gasteiger partial charge in [-0.05, 0) is 36.6 Å². The van der Waals surface area contributed by atoms with Crippen LogP contribution < -0.4 is 5.32 Å². The van der Waals surface area contributed by atoms with E-state index in [-0.39, 0.29) is 0 Å². The van der Waals surface area contributed by atoms with Crippen LogP contribution in [0.1, 0.15) is 23.6 Å². The Balaban J connectivity index is 1.97. The predicted molar refractivity (Wildman–Crippen MR) is 74.3 cm³/mol. The molecule has 0 bridgehead atoms. The molecule has 0 unspecified atom stereocenters. The average Bonchev–Trinajstić information content (AvgIpc) is 2.37. The van der Waals surface area contributed by atoms with Gasteiger partial charge in [-0.1, -0.05) is 48.9 Å². The Morgan fingerprint density at radius 1 is 0.941 bits per heavy atom. The van der Waals surface area contributed by atoms with Crippen molar-refractivity contribution in [1.82, 2.24) is 0 Å². The van der Waals surface area contributed by atoms with E-state index < -0.39 is 0 Å². The van der Waals surface area contributed by atoms with Crippen LogP contribution in [0.5, 0.6) is 0 Å². The minimum absolute atomic E-state index is 0.882. The van der Waals surface area contributed by atoms with Gasteiger partial charge in [-0.25, -0.2) is 0 Å². The van der Waals surface area contributed by atoms with Gasteiger partial charge in [-0.2, -0.15) is 0 Å². The maximum atomic E-state index is 3.44. The van der Waals surface area contributed by atoms with Crippen LogP contribution in [0, 0.1) is 6.92 Å². The minimum Gasteiger partial charge on any atom is -0.381 e. The molecule has 0 aliphatic heterocycles. The molecule has 0 radical (unpaired) electrons. The van der Waals surface area contributed by atoms with Crippen LogP contribution in [0.4, 0.5) is 5.69 Å². The fraction of sp³-hybridized carbons (Fsp3) is 0.250. The lowest BCUT2D eigenvalue weighted by molar-refractivity contribution is 1.12. The van der Waals surface area contributed by atoms with Crippen molar-refractivity contribution in [3.8, 4) is 0 Å². The zero-order chi connectivity index (χ0) is 12.1. The second-order valence-corrected chi connectivity index (χ2v) is 4.39. The molecule has 0 fully saturated rings. The summed E-state index contributed by atoms with van der Waals surface area (Å²) in [5.74, 6) is 0. The molecule has 0 aliphatic rings. The highest BCUT2D eigenvalue weighted by atomic mass is 14.9. The van der Waals surface area contributed by atoms with Crippen LogP contribution in [0.2, 0.25) is 0 Å². The number of hydrogen-bond donors (Lipinski definition) is 1. The topological polar surface area (TPSA) is 12.0 Å². The molecule has 1 N–H and O–H groups in total. The monoisotopic (exact) mass is 225 g/mol. The van der Waals surface area contributed by atoms with Gasteiger partial charge in [0, 0.05) is 12.2 Å². The molecule has 1 heteroatoms.